The molecule has 0 aliphatic carbocycles. The first kappa shape index (κ1) is 12.0. The Bertz CT molecular complexity index is 416. The van der Waals surface area contributed by atoms with Gasteiger partial charge in [-0.25, -0.2) is 4.39 Å². The zero-order valence-corrected chi connectivity index (χ0v) is 9.79. The number of pyridine rings is 1. The molecule has 1 fully saturated rings. The zero-order chi connectivity index (χ0) is 12.3. The van der Waals surface area contributed by atoms with Gasteiger partial charge in [0.25, 0.3) is 0 Å². The van der Waals surface area contributed by atoms with Crippen LogP contribution in [-0.4, -0.2) is 24.0 Å². The molecule has 0 unspecified atom stereocenters. The van der Waals surface area contributed by atoms with Gasteiger partial charge in [0.15, 0.2) is 5.82 Å². The predicted molar refractivity (Wildman–Crippen MR) is 63.0 cm³/mol. The van der Waals surface area contributed by atoms with E-state index in [1.807, 2.05) is 6.92 Å². The Balaban J connectivity index is 2.08. The van der Waals surface area contributed by atoms with E-state index in [4.69, 9.17) is 0 Å². The molecule has 2 N–H and O–H groups in total. The number of anilines is 1. The summed E-state index contributed by atoms with van der Waals surface area (Å²) in [5.74, 6) is -0.623. The van der Waals surface area contributed by atoms with Crippen molar-refractivity contribution in [2.75, 3.05) is 18.4 Å². The van der Waals surface area contributed by atoms with Crippen molar-refractivity contribution in [2.24, 2.45) is 5.41 Å². The van der Waals surface area contributed by atoms with Gasteiger partial charge >= 0.3 is 0 Å². The van der Waals surface area contributed by atoms with Crippen molar-refractivity contribution in [2.45, 2.75) is 19.8 Å². The van der Waals surface area contributed by atoms with E-state index in [1.165, 1.54) is 12.3 Å². The van der Waals surface area contributed by atoms with Crippen molar-refractivity contribution < 1.29 is 9.18 Å². The smallest absolute Gasteiger partial charge is 0.230 e. The molecule has 4 nitrogen and oxygen atoms in total. The summed E-state index contributed by atoms with van der Waals surface area (Å²) in [5.41, 5.74) is -0.217. The van der Waals surface area contributed by atoms with Crippen LogP contribution in [0.15, 0.2) is 18.5 Å². The SMILES string of the molecule is CC1(C(=O)Nc2ccncc2F)CCNCC1. The highest BCUT2D eigenvalue weighted by Crippen LogP contribution is 2.29. The molecule has 1 aromatic heterocycles. The summed E-state index contributed by atoms with van der Waals surface area (Å²) in [7, 11) is 0. The third-order valence-electron chi connectivity index (χ3n) is 3.28. The second kappa shape index (κ2) is 4.79. The van der Waals surface area contributed by atoms with Gasteiger partial charge in [0, 0.05) is 11.6 Å². The maximum absolute atomic E-state index is 13.4. The molecule has 17 heavy (non-hydrogen) atoms. The Morgan fingerprint density at radius 1 is 1.53 bits per heavy atom. The molecule has 5 heteroatoms. The van der Waals surface area contributed by atoms with Gasteiger partial charge in [0.05, 0.1) is 11.9 Å². The third-order valence-corrected chi connectivity index (χ3v) is 3.28. The molecule has 92 valence electrons. The highest BCUT2D eigenvalue weighted by molar-refractivity contribution is 5.95. The lowest BCUT2D eigenvalue weighted by Crippen LogP contribution is -2.42. The fourth-order valence-electron chi connectivity index (χ4n) is 1.96. The monoisotopic (exact) mass is 237 g/mol. The molecule has 2 heterocycles. The molecule has 1 aliphatic rings. The van der Waals surface area contributed by atoms with Crippen LogP contribution in [0.2, 0.25) is 0 Å². The molecule has 0 radical (unpaired) electrons. The highest BCUT2D eigenvalue weighted by Gasteiger charge is 2.34. The summed E-state index contributed by atoms with van der Waals surface area (Å²) in [6, 6.07) is 1.47. The van der Waals surface area contributed by atoms with Crippen LogP contribution in [-0.2, 0) is 4.79 Å². The number of piperidine rings is 1. The van der Waals surface area contributed by atoms with Gasteiger partial charge in [0.2, 0.25) is 5.91 Å². The standard InChI is InChI=1S/C12H16FN3O/c1-12(3-6-14-7-4-12)11(17)16-10-2-5-15-8-9(10)13/h2,5,8,14H,3-4,6-7H2,1H3,(H,15,16,17). The Labute approximate surface area is 99.6 Å². The number of hydrogen-bond donors (Lipinski definition) is 2. The van der Waals surface area contributed by atoms with Crippen LogP contribution in [0.1, 0.15) is 19.8 Å². The first-order chi connectivity index (χ1) is 8.12. The molecular weight excluding hydrogens is 221 g/mol. The Hall–Kier alpha value is -1.49. The van der Waals surface area contributed by atoms with E-state index in [-0.39, 0.29) is 11.6 Å². The van der Waals surface area contributed by atoms with Crippen LogP contribution < -0.4 is 10.6 Å². The summed E-state index contributed by atoms with van der Waals surface area (Å²) < 4.78 is 13.4. The van der Waals surface area contributed by atoms with Crippen molar-refractivity contribution >= 4 is 11.6 Å². The lowest BCUT2D eigenvalue weighted by molar-refractivity contribution is -0.126. The maximum atomic E-state index is 13.4. The lowest BCUT2D eigenvalue weighted by Gasteiger charge is -2.32. The topological polar surface area (TPSA) is 54.0 Å². The van der Waals surface area contributed by atoms with Crippen LogP contribution >= 0.6 is 0 Å². The van der Waals surface area contributed by atoms with Crippen LogP contribution in [0.3, 0.4) is 0 Å². The molecular formula is C12H16FN3O. The highest BCUT2D eigenvalue weighted by atomic mass is 19.1. The quantitative estimate of drug-likeness (QED) is 0.820. The summed E-state index contributed by atoms with van der Waals surface area (Å²) in [5, 5.41) is 5.84. The molecule has 1 aromatic rings. The fourth-order valence-corrected chi connectivity index (χ4v) is 1.96. The van der Waals surface area contributed by atoms with Crippen molar-refractivity contribution in [1.82, 2.24) is 10.3 Å². The Morgan fingerprint density at radius 2 is 2.24 bits per heavy atom. The summed E-state index contributed by atoms with van der Waals surface area (Å²) in [4.78, 5) is 15.8. The van der Waals surface area contributed by atoms with E-state index in [2.05, 4.69) is 15.6 Å². The second-order valence-corrected chi connectivity index (χ2v) is 4.62. The van der Waals surface area contributed by atoms with E-state index >= 15 is 0 Å². The molecule has 0 bridgehead atoms. The molecule has 0 aromatic carbocycles. The minimum atomic E-state index is -0.501. The van der Waals surface area contributed by atoms with E-state index in [0.29, 0.717) is 0 Å². The number of rotatable bonds is 2. The van der Waals surface area contributed by atoms with Gasteiger partial charge in [-0.05, 0) is 32.0 Å². The fraction of sp³-hybridized carbons (Fsp3) is 0.500. The Morgan fingerprint density at radius 3 is 2.88 bits per heavy atom. The molecule has 1 amide bonds. The van der Waals surface area contributed by atoms with Gasteiger partial charge in [-0.1, -0.05) is 6.92 Å². The van der Waals surface area contributed by atoms with Crippen LogP contribution in [0, 0.1) is 11.2 Å². The number of halogens is 1. The van der Waals surface area contributed by atoms with Crippen molar-refractivity contribution in [3.63, 3.8) is 0 Å². The van der Waals surface area contributed by atoms with E-state index in [1.54, 1.807) is 0 Å². The van der Waals surface area contributed by atoms with E-state index < -0.39 is 11.2 Å². The van der Waals surface area contributed by atoms with Crippen molar-refractivity contribution in [1.29, 1.82) is 0 Å². The lowest BCUT2D eigenvalue weighted by atomic mass is 9.80. The normalized spacial score (nSPS) is 18.7. The molecule has 0 saturated carbocycles. The molecule has 1 aliphatic heterocycles. The Kier molecular flexibility index (Phi) is 3.38. The van der Waals surface area contributed by atoms with Gasteiger partial charge in [-0.15, -0.1) is 0 Å². The number of hydrogen-bond acceptors (Lipinski definition) is 3. The van der Waals surface area contributed by atoms with Gasteiger partial charge in [-0.3, -0.25) is 9.78 Å². The third kappa shape index (κ3) is 2.61. The van der Waals surface area contributed by atoms with Crippen molar-refractivity contribution in [3.05, 3.63) is 24.3 Å². The first-order valence-electron chi connectivity index (χ1n) is 5.73. The minimum Gasteiger partial charge on any atom is -0.323 e. The molecule has 1 saturated heterocycles. The van der Waals surface area contributed by atoms with Gasteiger partial charge in [-0.2, -0.15) is 0 Å². The average Bonchev–Trinajstić information content (AvgIpc) is 2.33. The number of amides is 1. The number of carbonyl (C=O) groups excluding carboxylic acids is 1. The molecule has 0 atom stereocenters. The summed E-state index contributed by atoms with van der Waals surface area (Å²) in [6.45, 7) is 3.56. The summed E-state index contributed by atoms with van der Waals surface area (Å²) >= 11 is 0. The zero-order valence-electron chi connectivity index (χ0n) is 9.79. The van der Waals surface area contributed by atoms with Gasteiger partial charge < -0.3 is 10.6 Å². The van der Waals surface area contributed by atoms with Gasteiger partial charge in [0.1, 0.15) is 0 Å². The maximum Gasteiger partial charge on any atom is 0.230 e. The van der Waals surface area contributed by atoms with Crippen LogP contribution in [0.4, 0.5) is 10.1 Å². The summed E-state index contributed by atoms with van der Waals surface area (Å²) in [6.07, 6.45) is 4.10. The van der Waals surface area contributed by atoms with Crippen LogP contribution in [0.25, 0.3) is 0 Å². The number of aromatic nitrogens is 1. The minimum absolute atomic E-state index is 0.121. The van der Waals surface area contributed by atoms with Crippen molar-refractivity contribution in [3.8, 4) is 0 Å². The molecule has 2 rings (SSSR count). The number of nitrogens with one attached hydrogen (secondary N) is 2. The largest absolute Gasteiger partial charge is 0.323 e. The first-order valence-corrected chi connectivity index (χ1v) is 5.73. The van der Waals surface area contributed by atoms with E-state index in [9.17, 15) is 9.18 Å². The second-order valence-electron chi connectivity index (χ2n) is 4.62. The molecule has 0 spiro atoms. The van der Waals surface area contributed by atoms with E-state index in [0.717, 1.165) is 32.1 Å². The van der Waals surface area contributed by atoms with Crippen LogP contribution in [0.5, 0.6) is 0 Å². The average molecular weight is 237 g/mol. The number of carbonyl (C=O) groups is 1. The number of nitrogens with zero attached hydrogens (tertiary/aromatic N) is 1. The predicted octanol–water partition coefficient (Wildman–Crippen LogP) is 1.55.